The van der Waals surface area contributed by atoms with Gasteiger partial charge in [-0.15, -0.1) is 0 Å². The monoisotopic (exact) mass is 368 g/mol. The Bertz CT molecular complexity index is 933. The van der Waals surface area contributed by atoms with Crippen molar-refractivity contribution < 1.29 is 9.90 Å². The van der Waals surface area contributed by atoms with Gasteiger partial charge in [-0.25, -0.2) is 4.68 Å². The molecule has 0 bridgehead atoms. The van der Waals surface area contributed by atoms with Crippen LogP contribution in [0.15, 0.2) is 48.5 Å². The Morgan fingerprint density at radius 2 is 1.85 bits per heavy atom. The molecule has 3 aromatic rings. The van der Waals surface area contributed by atoms with Crippen molar-refractivity contribution in [1.82, 2.24) is 9.78 Å². The van der Waals surface area contributed by atoms with E-state index in [1.807, 2.05) is 47.1 Å². The molecule has 1 fully saturated rings. The molecule has 2 atom stereocenters. The molecule has 1 aliphatic rings. The summed E-state index contributed by atoms with van der Waals surface area (Å²) in [5, 5.41) is 16.0. The quantitative estimate of drug-likeness (QED) is 0.668. The van der Waals surface area contributed by atoms with Crippen LogP contribution >= 0.6 is 11.6 Å². The summed E-state index contributed by atoms with van der Waals surface area (Å²) in [6.07, 6.45) is 4.39. The van der Waals surface area contributed by atoms with Crippen LogP contribution in [-0.2, 0) is 4.79 Å². The second-order valence-corrected chi connectivity index (χ2v) is 7.48. The summed E-state index contributed by atoms with van der Waals surface area (Å²) < 4.78 is 1.99. The molecule has 2 aromatic carbocycles. The SMILES string of the molecule is O=C(O)CC1CCCCC1c1c2ccccc2nn1-c1ccc(Cl)cc1. The molecule has 2 unspecified atom stereocenters. The summed E-state index contributed by atoms with van der Waals surface area (Å²) >= 11 is 6.05. The average Bonchev–Trinajstić information content (AvgIpc) is 3.02. The fourth-order valence-corrected chi connectivity index (χ4v) is 4.35. The van der Waals surface area contributed by atoms with Gasteiger partial charge in [0, 0.05) is 22.7 Å². The van der Waals surface area contributed by atoms with Crippen molar-refractivity contribution >= 4 is 28.5 Å². The van der Waals surface area contributed by atoms with Crippen LogP contribution in [0.3, 0.4) is 0 Å². The van der Waals surface area contributed by atoms with E-state index in [4.69, 9.17) is 16.7 Å². The van der Waals surface area contributed by atoms with Crippen molar-refractivity contribution in [3.8, 4) is 5.69 Å². The summed E-state index contributed by atoms with van der Waals surface area (Å²) in [6, 6.07) is 15.8. The summed E-state index contributed by atoms with van der Waals surface area (Å²) in [7, 11) is 0. The van der Waals surface area contributed by atoms with Gasteiger partial charge in [0.25, 0.3) is 0 Å². The number of hydrogen-bond acceptors (Lipinski definition) is 2. The molecule has 1 heterocycles. The molecule has 0 radical (unpaired) electrons. The van der Waals surface area contributed by atoms with E-state index in [9.17, 15) is 9.90 Å². The molecule has 1 aliphatic carbocycles. The first-order chi connectivity index (χ1) is 12.6. The van der Waals surface area contributed by atoms with Gasteiger partial charge < -0.3 is 5.11 Å². The summed E-state index contributed by atoms with van der Waals surface area (Å²) in [5.41, 5.74) is 3.03. The van der Waals surface area contributed by atoms with E-state index in [0.29, 0.717) is 5.02 Å². The van der Waals surface area contributed by atoms with Crippen LogP contribution < -0.4 is 0 Å². The van der Waals surface area contributed by atoms with Crippen molar-refractivity contribution in [3.05, 3.63) is 59.2 Å². The Morgan fingerprint density at radius 1 is 1.12 bits per heavy atom. The van der Waals surface area contributed by atoms with E-state index < -0.39 is 5.97 Å². The van der Waals surface area contributed by atoms with Crippen LogP contribution in [0, 0.1) is 5.92 Å². The lowest BCUT2D eigenvalue weighted by Crippen LogP contribution is -2.23. The molecule has 0 saturated heterocycles. The second-order valence-electron chi connectivity index (χ2n) is 7.04. The third-order valence-electron chi connectivity index (χ3n) is 5.38. The summed E-state index contributed by atoms with van der Waals surface area (Å²) in [6.45, 7) is 0. The molecule has 5 heteroatoms. The molecule has 1 aromatic heterocycles. The highest BCUT2D eigenvalue weighted by Crippen LogP contribution is 2.43. The number of carboxylic acid groups (broad SMARTS) is 1. The topological polar surface area (TPSA) is 55.1 Å². The Morgan fingerprint density at radius 3 is 2.62 bits per heavy atom. The first-order valence-electron chi connectivity index (χ1n) is 9.09. The molecule has 0 spiro atoms. The number of aliphatic carboxylic acids is 1. The first kappa shape index (κ1) is 17.1. The van der Waals surface area contributed by atoms with E-state index in [2.05, 4.69) is 6.07 Å². The summed E-state index contributed by atoms with van der Waals surface area (Å²) in [4.78, 5) is 11.4. The van der Waals surface area contributed by atoms with E-state index in [1.165, 1.54) is 0 Å². The van der Waals surface area contributed by atoms with Gasteiger partial charge >= 0.3 is 5.97 Å². The van der Waals surface area contributed by atoms with Crippen molar-refractivity contribution in [2.75, 3.05) is 0 Å². The number of carbonyl (C=O) groups is 1. The highest BCUT2D eigenvalue weighted by molar-refractivity contribution is 6.30. The average molecular weight is 369 g/mol. The molecule has 1 saturated carbocycles. The Hall–Kier alpha value is -2.33. The zero-order valence-corrected chi connectivity index (χ0v) is 15.2. The largest absolute Gasteiger partial charge is 0.481 e. The maximum Gasteiger partial charge on any atom is 0.303 e. The summed E-state index contributed by atoms with van der Waals surface area (Å²) in [5.74, 6) is -0.376. The highest BCUT2D eigenvalue weighted by atomic mass is 35.5. The Kier molecular flexibility index (Phi) is 4.68. The van der Waals surface area contributed by atoms with Crippen LogP contribution in [0.5, 0.6) is 0 Å². The van der Waals surface area contributed by atoms with Gasteiger partial charge in [0.2, 0.25) is 0 Å². The minimum atomic E-state index is -0.719. The van der Waals surface area contributed by atoms with Crippen LogP contribution in [0.1, 0.15) is 43.7 Å². The minimum Gasteiger partial charge on any atom is -0.481 e. The van der Waals surface area contributed by atoms with E-state index in [0.717, 1.165) is 48.0 Å². The third-order valence-corrected chi connectivity index (χ3v) is 5.64. The number of nitrogens with zero attached hydrogens (tertiary/aromatic N) is 2. The fourth-order valence-electron chi connectivity index (χ4n) is 4.23. The number of fused-ring (bicyclic) bond motifs is 1. The van der Waals surface area contributed by atoms with Crippen molar-refractivity contribution in [2.24, 2.45) is 5.92 Å². The number of hydrogen-bond donors (Lipinski definition) is 1. The van der Waals surface area contributed by atoms with Crippen LogP contribution in [-0.4, -0.2) is 20.9 Å². The zero-order chi connectivity index (χ0) is 18.1. The predicted octanol–water partition coefficient (Wildman–Crippen LogP) is 5.43. The van der Waals surface area contributed by atoms with Gasteiger partial charge in [0.15, 0.2) is 0 Å². The lowest BCUT2D eigenvalue weighted by atomic mass is 9.75. The molecular weight excluding hydrogens is 348 g/mol. The number of halogens is 1. The smallest absolute Gasteiger partial charge is 0.303 e. The van der Waals surface area contributed by atoms with Crippen molar-refractivity contribution in [1.29, 1.82) is 0 Å². The highest BCUT2D eigenvalue weighted by Gasteiger charge is 2.32. The molecule has 4 rings (SSSR count). The number of rotatable bonds is 4. The maximum atomic E-state index is 11.4. The molecular formula is C21H21ClN2O2. The normalized spacial score (nSPS) is 20.3. The van der Waals surface area contributed by atoms with Gasteiger partial charge in [0.1, 0.15) is 0 Å². The van der Waals surface area contributed by atoms with E-state index >= 15 is 0 Å². The third kappa shape index (κ3) is 3.21. The molecule has 26 heavy (non-hydrogen) atoms. The van der Waals surface area contributed by atoms with Crippen LogP contribution in [0.4, 0.5) is 0 Å². The molecule has 0 amide bonds. The fraction of sp³-hybridized carbons (Fsp3) is 0.333. The van der Waals surface area contributed by atoms with Crippen molar-refractivity contribution in [3.63, 3.8) is 0 Å². The lowest BCUT2D eigenvalue weighted by molar-refractivity contribution is -0.138. The first-order valence-corrected chi connectivity index (χ1v) is 9.46. The number of carboxylic acids is 1. The Labute approximate surface area is 157 Å². The number of aromatic nitrogens is 2. The predicted molar refractivity (Wildman–Crippen MR) is 103 cm³/mol. The second kappa shape index (κ2) is 7.12. The lowest BCUT2D eigenvalue weighted by Gasteiger charge is -2.31. The molecule has 134 valence electrons. The molecule has 0 aliphatic heterocycles. The number of benzene rings is 2. The van der Waals surface area contributed by atoms with Gasteiger partial charge in [0.05, 0.1) is 16.9 Å². The maximum absolute atomic E-state index is 11.4. The molecule has 1 N–H and O–H groups in total. The van der Waals surface area contributed by atoms with Gasteiger partial charge in [-0.05, 0) is 49.1 Å². The Balaban J connectivity index is 1.87. The molecule has 4 nitrogen and oxygen atoms in total. The van der Waals surface area contributed by atoms with Gasteiger partial charge in [-0.2, -0.15) is 5.10 Å². The van der Waals surface area contributed by atoms with E-state index in [-0.39, 0.29) is 18.3 Å². The van der Waals surface area contributed by atoms with Crippen LogP contribution in [0.2, 0.25) is 5.02 Å². The van der Waals surface area contributed by atoms with Crippen molar-refractivity contribution in [2.45, 2.75) is 38.0 Å². The van der Waals surface area contributed by atoms with Gasteiger partial charge in [-0.1, -0.05) is 42.6 Å². The van der Waals surface area contributed by atoms with E-state index in [1.54, 1.807) is 0 Å². The minimum absolute atomic E-state index is 0.146. The zero-order valence-electron chi connectivity index (χ0n) is 14.4. The van der Waals surface area contributed by atoms with Crippen LogP contribution in [0.25, 0.3) is 16.6 Å². The standard InChI is InChI=1S/C21H21ClN2O2/c22-15-9-11-16(12-10-15)24-21(18-7-3-4-8-19(18)23-24)17-6-2-1-5-14(17)13-20(25)26/h3-4,7-12,14,17H,1-2,5-6,13H2,(H,25,26). The van der Waals surface area contributed by atoms with Gasteiger partial charge in [-0.3, -0.25) is 4.79 Å².